The van der Waals surface area contributed by atoms with Gasteiger partial charge in [0.15, 0.2) is 11.5 Å². The van der Waals surface area contributed by atoms with Gasteiger partial charge < -0.3 is 19.4 Å². The molecule has 2 aromatic carbocycles. The third kappa shape index (κ3) is 6.98. The summed E-state index contributed by atoms with van der Waals surface area (Å²) in [7, 11) is 2.98. The van der Waals surface area contributed by atoms with Gasteiger partial charge in [-0.25, -0.2) is 9.97 Å². The minimum Gasteiger partial charge on any atom is -0.492 e. The van der Waals surface area contributed by atoms with E-state index in [1.165, 1.54) is 47.6 Å². The molecule has 0 unspecified atom stereocenters. The first kappa shape index (κ1) is 42.7. The molecule has 8 heteroatoms. The van der Waals surface area contributed by atoms with Crippen LogP contribution in [0.25, 0.3) is 66.6 Å². The van der Waals surface area contributed by atoms with E-state index in [1.54, 1.807) is 0 Å². The summed E-state index contributed by atoms with van der Waals surface area (Å²) in [6.07, 6.45) is 5.29. The predicted molar refractivity (Wildman–Crippen MR) is 260 cm³/mol. The Hall–Kier alpha value is -6.54. The number of hydrogen-bond donors (Lipinski definition) is 2. The highest BCUT2D eigenvalue weighted by molar-refractivity contribution is 6.23. The van der Waals surface area contributed by atoms with E-state index in [0.717, 1.165) is 115 Å². The molecule has 12 bridgehead atoms. The number of benzene rings is 2. The molecule has 1 aliphatic carbocycles. The van der Waals surface area contributed by atoms with E-state index in [1.807, 2.05) is 0 Å². The number of nitrogens with zero attached hydrogens (tertiary/aromatic N) is 2. The van der Waals surface area contributed by atoms with Gasteiger partial charge in [0, 0.05) is 33.3 Å². The van der Waals surface area contributed by atoms with E-state index < -0.39 is 0 Å². The maximum atomic E-state index is 14.1. The van der Waals surface area contributed by atoms with E-state index in [-0.39, 0.29) is 23.1 Å². The molecule has 0 fully saturated rings. The number of H-pyrrole nitrogens is 2. The molecule has 0 saturated carbocycles. The molecule has 0 spiro atoms. The molecule has 12 rings (SSSR count). The highest BCUT2D eigenvalue weighted by Gasteiger charge is 2.36. The summed E-state index contributed by atoms with van der Waals surface area (Å²) in [5.41, 5.74) is 24.6. The highest BCUT2D eigenvalue weighted by Crippen LogP contribution is 2.44. The number of aryl methyl sites for hydroxylation is 6. The summed E-state index contributed by atoms with van der Waals surface area (Å²) < 4.78 is 11.5. The van der Waals surface area contributed by atoms with Gasteiger partial charge >= 0.3 is 0 Å². The van der Waals surface area contributed by atoms with Crippen LogP contribution in [0.3, 0.4) is 0 Å². The standard InChI is InChI=1S/C56H58N4O4/c1-29-33(5)49-47-39-23-15-11-19-37(39)21-13-17-25-41-53(61)56(64-10)42(54(62)55(41)63-9)26-18-14-22-38-20-12-16-24-40(38)48(51-34(6)30(2)44(58-51)27-43(29)57-49)52-36(8)32(4)46(60-52)28-45-31(3)35(7)50(47)59-45/h11-12,15-16,19-20,23-24,27-28,57,59H,13-14,17-18,21-22,25-26H2,1-10H3. The lowest BCUT2D eigenvalue weighted by molar-refractivity contribution is -0.121. The number of ether oxygens (including phenoxy) is 2. The summed E-state index contributed by atoms with van der Waals surface area (Å²) in [6.45, 7) is 17.6. The minimum atomic E-state index is -0.251. The molecule has 6 aliphatic heterocycles. The Kier molecular flexibility index (Phi) is 11.3. The monoisotopic (exact) mass is 850 g/mol. The van der Waals surface area contributed by atoms with Gasteiger partial charge in [0.1, 0.15) is 0 Å². The van der Waals surface area contributed by atoms with Gasteiger partial charge in [0.25, 0.3) is 0 Å². The van der Waals surface area contributed by atoms with Crippen molar-refractivity contribution >= 4 is 55.9 Å². The summed E-state index contributed by atoms with van der Waals surface area (Å²) in [6, 6.07) is 21.7. The summed E-state index contributed by atoms with van der Waals surface area (Å²) in [4.78, 5) is 47.2. The van der Waals surface area contributed by atoms with Crippen LogP contribution in [0.2, 0.25) is 0 Å². The number of carbonyl (C=O) groups is 2. The number of Topliss-reactive ketones (excluding diaryl/α,β-unsaturated/α-hetero) is 2. The Morgan fingerprint density at radius 3 is 1.30 bits per heavy atom. The molecule has 8 nitrogen and oxygen atoms in total. The van der Waals surface area contributed by atoms with Crippen LogP contribution in [0, 0.1) is 27.7 Å². The average Bonchev–Trinajstić information content (AvgIpc) is 3.93. The van der Waals surface area contributed by atoms with Crippen molar-refractivity contribution < 1.29 is 19.1 Å². The molecular formula is C56H58N4O4. The van der Waals surface area contributed by atoms with E-state index >= 15 is 0 Å². The van der Waals surface area contributed by atoms with Crippen molar-refractivity contribution in [2.45, 2.75) is 107 Å². The fraction of sp³-hybridized carbons (Fsp3) is 0.321. The largest absolute Gasteiger partial charge is 0.492 e. The molecule has 0 radical (unpaired) electrons. The second-order valence-corrected chi connectivity index (χ2v) is 18.0. The first-order chi connectivity index (χ1) is 30.8. The maximum absolute atomic E-state index is 14.1. The van der Waals surface area contributed by atoms with Crippen LogP contribution in [0.5, 0.6) is 0 Å². The van der Waals surface area contributed by atoms with Crippen LogP contribution >= 0.6 is 0 Å². The fourth-order valence-electron chi connectivity index (χ4n) is 10.2. The SMILES string of the molecule is COC1=C2CCCCc3ccccc3-c3c4nc(cc5[nH]c(c(C)c5C)c(c5[nH]c(cc6nc3C(C)=C6C)c(C)c5C)-c3ccccc3CCCCC(=C(OC)C2=O)C1=O)C(C)=C4C. The molecule has 0 atom stereocenters. The zero-order valence-corrected chi connectivity index (χ0v) is 39.0. The summed E-state index contributed by atoms with van der Waals surface area (Å²) in [5.74, 6) is -0.210. The Labute approximate surface area is 376 Å². The van der Waals surface area contributed by atoms with Crippen LogP contribution in [0.15, 0.2) is 83.3 Å². The quantitative estimate of drug-likeness (QED) is 0.171. The maximum Gasteiger partial charge on any atom is 0.227 e. The van der Waals surface area contributed by atoms with Crippen LogP contribution in [-0.2, 0) is 31.9 Å². The number of allylic oxidation sites excluding steroid dienone is 6. The molecule has 326 valence electrons. The normalized spacial score (nSPS) is 16.2. The number of aromatic nitrogens is 4. The van der Waals surface area contributed by atoms with Crippen LogP contribution in [0.4, 0.5) is 0 Å². The number of nitrogens with one attached hydrogen (secondary N) is 2. The summed E-state index contributed by atoms with van der Waals surface area (Å²) >= 11 is 0. The lowest BCUT2D eigenvalue weighted by Crippen LogP contribution is -2.26. The predicted octanol–water partition coefficient (Wildman–Crippen LogP) is 13.2. The molecule has 0 saturated heterocycles. The van der Waals surface area contributed by atoms with Crippen molar-refractivity contribution in [3.8, 4) is 22.3 Å². The highest BCUT2D eigenvalue weighted by atomic mass is 16.5. The molecule has 2 N–H and O–H groups in total. The molecule has 0 amide bonds. The van der Waals surface area contributed by atoms with Gasteiger partial charge in [-0.1, -0.05) is 48.5 Å². The number of methoxy groups -OCH3 is 2. The second-order valence-electron chi connectivity index (χ2n) is 18.0. The molecule has 5 aromatic rings. The molecular weight excluding hydrogens is 793 g/mol. The number of ketones is 2. The Morgan fingerprint density at radius 2 is 0.875 bits per heavy atom. The van der Waals surface area contributed by atoms with E-state index in [2.05, 4.69) is 126 Å². The van der Waals surface area contributed by atoms with Gasteiger partial charge in [-0.3, -0.25) is 9.59 Å². The van der Waals surface area contributed by atoms with Crippen molar-refractivity contribution in [1.29, 1.82) is 0 Å². The van der Waals surface area contributed by atoms with Gasteiger partial charge in [0.05, 0.1) is 48.0 Å². The Morgan fingerprint density at radius 1 is 0.484 bits per heavy atom. The zero-order valence-electron chi connectivity index (χ0n) is 39.0. The van der Waals surface area contributed by atoms with Gasteiger partial charge in [-0.15, -0.1) is 0 Å². The third-order valence-electron chi connectivity index (χ3n) is 14.5. The number of carbonyl (C=O) groups excluding carboxylic acids is 2. The third-order valence-corrected chi connectivity index (χ3v) is 14.5. The first-order valence-corrected chi connectivity index (χ1v) is 22.8. The van der Waals surface area contributed by atoms with Crippen molar-refractivity contribution in [1.82, 2.24) is 19.9 Å². The topological polar surface area (TPSA) is 110 Å². The van der Waals surface area contributed by atoms with Gasteiger partial charge in [-0.2, -0.15) is 0 Å². The van der Waals surface area contributed by atoms with E-state index in [9.17, 15) is 9.59 Å². The smallest absolute Gasteiger partial charge is 0.227 e. The van der Waals surface area contributed by atoms with Crippen molar-refractivity contribution in [2.24, 2.45) is 0 Å². The fourth-order valence-corrected chi connectivity index (χ4v) is 10.2. The lowest BCUT2D eigenvalue weighted by atomic mass is 9.86. The second kappa shape index (κ2) is 16.9. The molecule has 3 aromatic heterocycles. The van der Waals surface area contributed by atoms with Gasteiger partial charge in [-0.05, 0) is 186 Å². The number of hydrogen-bond acceptors (Lipinski definition) is 6. The molecule has 7 aliphatic rings. The lowest BCUT2D eigenvalue weighted by Gasteiger charge is -2.22. The van der Waals surface area contributed by atoms with Crippen LogP contribution in [0.1, 0.15) is 122 Å². The molecule has 64 heavy (non-hydrogen) atoms. The minimum absolute atomic E-state index is 0.144. The van der Waals surface area contributed by atoms with Crippen molar-refractivity contribution in [3.05, 3.63) is 139 Å². The van der Waals surface area contributed by atoms with Gasteiger partial charge in [0.2, 0.25) is 11.6 Å². The zero-order chi connectivity index (χ0) is 45.1. The van der Waals surface area contributed by atoms with E-state index in [0.29, 0.717) is 36.8 Å². The Balaban J connectivity index is 1.39. The van der Waals surface area contributed by atoms with Crippen LogP contribution < -0.4 is 0 Å². The van der Waals surface area contributed by atoms with Crippen LogP contribution in [-0.4, -0.2) is 45.7 Å². The van der Waals surface area contributed by atoms with E-state index in [4.69, 9.17) is 19.4 Å². The first-order valence-electron chi connectivity index (χ1n) is 22.8. The number of rotatable bonds is 2. The van der Waals surface area contributed by atoms with Crippen molar-refractivity contribution in [3.63, 3.8) is 0 Å². The average molecular weight is 851 g/mol. The Bertz CT molecular complexity index is 3030. The number of aromatic amines is 2. The van der Waals surface area contributed by atoms with Crippen molar-refractivity contribution in [2.75, 3.05) is 14.2 Å². The molecule has 9 heterocycles. The summed E-state index contributed by atoms with van der Waals surface area (Å²) in [5, 5.41) is 0.